The molecule has 1 heterocycles. The summed E-state index contributed by atoms with van der Waals surface area (Å²) >= 11 is 0. The lowest BCUT2D eigenvalue weighted by Gasteiger charge is -2.16. The summed E-state index contributed by atoms with van der Waals surface area (Å²) in [6.45, 7) is 0. The third kappa shape index (κ3) is 2.07. The van der Waals surface area contributed by atoms with Crippen molar-refractivity contribution in [3.05, 3.63) is 48.8 Å². The first-order valence-corrected chi connectivity index (χ1v) is 4.29. The first kappa shape index (κ1) is 8.69. The Morgan fingerprint density at radius 3 is 2.57 bits per heavy atom. The van der Waals surface area contributed by atoms with Crippen molar-refractivity contribution in [2.45, 2.75) is 6.29 Å². The molecule has 0 saturated carbocycles. The van der Waals surface area contributed by atoms with Crippen LogP contribution in [0.2, 0.25) is 0 Å². The van der Waals surface area contributed by atoms with Crippen LogP contribution in [-0.2, 0) is 4.74 Å². The highest BCUT2D eigenvalue weighted by Crippen LogP contribution is 2.18. The molecule has 0 fully saturated rings. The number of phenolic OH excluding ortho intramolecular Hbond substituents is 1. The average Bonchev–Trinajstić information content (AvgIpc) is 2.23. The van der Waals surface area contributed by atoms with Crippen LogP contribution >= 0.6 is 0 Å². The van der Waals surface area contributed by atoms with E-state index < -0.39 is 0 Å². The van der Waals surface area contributed by atoms with E-state index in [1.54, 1.807) is 42.7 Å². The molecule has 1 aromatic carbocycles. The lowest BCUT2D eigenvalue weighted by molar-refractivity contribution is 0.00783. The molecule has 14 heavy (non-hydrogen) atoms. The minimum Gasteiger partial charge on any atom is -0.508 e. The zero-order valence-electron chi connectivity index (χ0n) is 7.46. The van der Waals surface area contributed by atoms with E-state index in [9.17, 15) is 0 Å². The number of ether oxygens (including phenoxy) is 2. The van der Waals surface area contributed by atoms with Gasteiger partial charge in [0.2, 0.25) is 0 Å². The molecule has 1 aliphatic heterocycles. The van der Waals surface area contributed by atoms with E-state index in [2.05, 4.69) is 0 Å². The highest BCUT2D eigenvalue weighted by atomic mass is 16.7. The number of allylic oxidation sites excluding steroid dienone is 2. The number of hydrogen-bond donors (Lipinski definition) is 1. The largest absolute Gasteiger partial charge is 0.508 e. The minimum atomic E-state index is -0.385. The fourth-order valence-corrected chi connectivity index (χ4v) is 1.09. The number of phenols is 1. The second-order valence-electron chi connectivity index (χ2n) is 2.83. The van der Waals surface area contributed by atoms with Gasteiger partial charge in [-0.15, -0.1) is 0 Å². The van der Waals surface area contributed by atoms with Crippen molar-refractivity contribution in [1.82, 2.24) is 0 Å². The predicted molar refractivity (Wildman–Crippen MR) is 51.9 cm³/mol. The SMILES string of the molecule is Oc1ccc(OC2C=CC=CO2)cc1. The van der Waals surface area contributed by atoms with Crippen LogP contribution < -0.4 is 4.74 Å². The predicted octanol–water partition coefficient (Wildman–Crippen LogP) is 2.20. The summed E-state index contributed by atoms with van der Waals surface area (Å²) < 4.78 is 10.6. The third-order valence-electron chi connectivity index (χ3n) is 1.76. The summed E-state index contributed by atoms with van der Waals surface area (Å²) in [5.74, 6) is 0.880. The Morgan fingerprint density at radius 2 is 1.93 bits per heavy atom. The summed E-state index contributed by atoms with van der Waals surface area (Å²) in [6.07, 6.45) is 6.63. The van der Waals surface area contributed by atoms with Gasteiger partial charge in [0.1, 0.15) is 11.5 Å². The van der Waals surface area contributed by atoms with E-state index in [-0.39, 0.29) is 12.0 Å². The number of benzene rings is 1. The van der Waals surface area contributed by atoms with E-state index in [0.29, 0.717) is 5.75 Å². The molecule has 1 atom stereocenters. The molecule has 0 amide bonds. The zero-order chi connectivity index (χ0) is 9.80. The summed E-state index contributed by atoms with van der Waals surface area (Å²) in [5.41, 5.74) is 0. The molecule has 3 heteroatoms. The molecule has 1 unspecified atom stereocenters. The average molecular weight is 190 g/mol. The second-order valence-corrected chi connectivity index (χ2v) is 2.83. The van der Waals surface area contributed by atoms with Gasteiger partial charge in [0.05, 0.1) is 6.26 Å². The smallest absolute Gasteiger partial charge is 0.260 e. The van der Waals surface area contributed by atoms with E-state index >= 15 is 0 Å². The van der Waals surface area contributed by atoms with E-state index in [4.69, 9.17) is 14.6 Å². The highest BCUT2D eigenvalue weighted by molar-refractivity contribution is 5.30. The van der Waals surface area contributed by atoms with Crippen LogP contribution in [0.25, 0.3) is 0 Å². The zero-order valence-corrected chi connectivity index (χ0v) is 7.46. The molecule has 1 aromatic rings. The van der Waals surface area contributed by atoms with Crippen molar-refractivity contribution in [3.8, 4) is 11.5 Å². The fraction of sp³-hybridized carbons (Fsp3) is 0.0909. The number of aromatic hydroxyl groups is 1. The first-order valence-electron chi connectivity index (χ1n) is 4.29. The van der Waals surface area contributed by atoms with Crippen LogP contribution in [0.3, 0.4) is 0 Å². The Bertz CT molecular complexity index is 351. The molecule has 1 aliphatic rings. The maximum atomic E-state index is 9.05. The standard InChI is InChI=1S/C11H10O3/c12-9-4-6-10(7-5-9)14-11-3-1-2-8-13-11/h1-8,11-12H. The summed E-state index contributed by atoms with van der Waals surface area (Å²) in [7, 11) is 0. The number of hydrogen-bond acceptors (Lipinski definition) is 3. The lowest BCUT2D eigenvalue weighted by atomic mass is 10.3. The van der Waals surface area contributed by atoms with Crippen molar-refractivity contribution >= 4 is 0 Å². The van der Waals surface area contributed by atoms with Gasteiger partial charge in [0.15, 0.2) is 0 Å². The van der Waals surface area contributed by atoms with Crippen molar-refractivity contribution < 1.29 is 14.6 Å². The van der Waals surface area contributed by atoms with Gasteiger partial charge in [0.25, 0.3) is 6.29 Å². The molecule has 1 N–H and O–H groups in total. The van der Waals surface area contributed by atoms with Crippen LogP contribution in [0.5, 0.6) is 11.5 Å². The lowest BCUT2D eigenvalue weighted by Crippen LogP contribution is -2.16. The molecule has 0 spiro atoms. The maximum Gasteiger partial charge on any atom is 0.260 e. The molecular formula is C11H10O3. The molecule has 0 saturated heterocycles. The van der Waals surface area contributed by atoms with Gasteiger partial charge in [-0.3, -0.25) is 0 Å². The van der Waals surface area contributed by atoms with Crippen LogP contribution in [0.1, 0.15) is 0 Å². The Labute approximate surface area is 81.9 Å². The van der Waals surface area contributed by atoms with Crippen molar-refractivity contribution in [2.75, 3.05) is 0 Å². The molecular weight excluding hydrogens is 180 g/mol. The molecule has 0 aromatic heterocycles. The normalized spacial score (nSPS) is 19.0. The minimum absolute atomic E-state index is 0.220. The Morgan fingerprint density at radius 1 is 1.14 bits per heavy atom. The molecule has 0 aliphatic carbocycles. The van der Waals surface area contributed by atoms with Gasteiger partial charge in [-0.25, -0.2) is 0 Å². The second kappa shape index (κ2) is 3.87. The summed E-state index contributed by atoms with van der Waals surface area (Å²) in [6, 6.07) is 6.51. The molecule has 0 bridgehead atoms. The Kier molecular flexibility index (Phi) is 2.40. The van der Waals surface area contributed by atoms with E-state index in [1.807, 2.05) is 6.08 Å². The van der Waals surface area contributed by atoms with Crippen molar-refractivity contribution in [2.24, 2.45) is 0 Å². The third-order valence-corrected chi connectivity index (χ3v) is 1.76. The first-order chi connectivity index (χ1) is 6.84. The van der Waals surface area contributed by atoms with Gasteiger partial charge in [-0.2, -0.15) is 0 Å². The quantitative estimate of drug-likeness (QED) is 0.776. The van der Waals surface area contributed by atoms with Crippen LogP contribution in [0.15, 0.2) is 48.8 Å². The van der Waals surface area contributed by atoms with Crippen LogP contribution in [0, 0.1) is 0 Å². The molecule has 0 radical (unpaired) electrons. The monoisotopic (exact) mass is 190 g/mol. The van der Waals surface area contributed by atoms with Gasteiger partial charge in [-0.05, 0) is 36.4 Å². The summed E-state index contributed by atoms with van der Waals surface area (Å²) in [4.78, 5) is 0. The van der Waals surface area contributed by atoms with E-state index in [1.165, 1.54) is 0 Å². The maximum absolute atomic E-state index is 9.05. The highest BCUT2D eigenvalue weighted by Gasteiger charge is 2.06. The van der Waals surface area contributed by atoms with Crippen LogP contribution in [-0.4, -0.2) is 11.4 Å². The topological polar surface area (TPSA) is 38.7 Å². The van der Waals surface area contributed by atoms with Gasteiger partial charge in [0, 0.05) is 0 Å². The molecule has 72 valence electrons. The van der Waals surface area contributed by atoms with Crippen LogP contribution in [0.4, 0.5) is 0 Å². The number of rotatable bonds is 2. The van der Waals surface area contributed by atoms with Crippen molar-refractivity contribution in [1.29, 1.82) is 0 Å². The van der Waals surface area contributed by atoms with Gasteiger partial charge in [-0.1, -0.05) is 6.08 Å². The van der Waals surface area contributed by atoms with Gasteiger partial charge < -0.3 is 14.6 Å². The molecule has 2 rings (SSSR count). The fourth-order valence-electron chi connectivity index (χ4n) is 1.09. The Balaban J connectivity index is 2.00. The summed E-state index contributed by atoms with van der Waals surface area (Å²) in [5, 5.41) is 9.05. The van der Waals surface area contributed by atoms with E-state index in [0.717, 1.165) is 0 Å². The van der Waals surface area contributed by atoms with Crippen molar-refractivity contribution in [3.63, 3.8) is 0 Å². The molecule has 3 nitrogen and oxygen atoms in total. The Hall–Kier alpha value is -1.90. The van der Waals surface area contributed by atoms with Gasteiger partial charge >= 0.3 is 0 Å².